The van der Waals surface area contributed by atoms with Crippen LogP contribution in [-0.2, 0) is 0 Å². The fraction of sp³-hybridized carbons (Fsp3) is 1.00. The summed E-state index contributed by atoms with van der Waals surface area (Å²) in [4.78, 5) is 2.20. The minimum Gasteiger partial charge on any atom is -0.388 e. The number of likely N-dealkylation sites (N-methyl/N-ethyl adjacent to an activating group) is 1. The summed E-state index contributed by atoms with van der Waals surface area (Å²) in [6, 6.07) is 0. The van der Waals surface area contributed by atoms with E-state index in [-0.39, 0.29) is 5.41 Å². The molecule has 2 unspecified atom stereocenters. The number of β-amino-alcohol motifs (C(OH)–C–C–N with tert-alkyl or cyclic N) is 1. The molecule has 3 N–H and O–H groups in total. The van der Waals surface area contributed by atoms with Gasteiger partial charge in [-0.25, -0.2) is 0 Å². The Kier molecular flexibility index (Phi) is 3.56. The van der Waals surface area contributed by atoms with Crippen molar-refractivity contribution in [1.29, 1.82) is 0 Å². The van der Waals surface area contributed by atoms with Crippen LogP contribution in [0.1, 0.15) is 33.1 Å². The standard InChI is InChI=1S/C11H24N2O/c1-4-10(2,8-12)11(14)6-5-7-13(3)9-11/h14H,4-9,12H2,1-3H3. The second-order valence-corrected chi connectivity index (χ2v) is 4.99. The summed E-state index contributed by atoms with van der Waals surface area (Å²) in [5.41, 5.74) is 5.07. The van der Waals surface area contributed by atoms with E-state index >= 15 is 0 Å². The fourth-order valence-corrected chi connectivity index (χ4v) is 2.40. The maximum atomic E-state index is 10.6. The Labute approximate surface area is 87.3 Å². The average molecular weight is 200 g/mol. The van der Waals surface area contributed by atoms with Crippen molar-refractivity contribution >= 4 is 0 Å². The Morgan fingerprint density at radius 1 is 1.57 bits per heavy atom. The third kappa shape index (κ3) is 1.95. The van der Waals surface area contributed by atoms with Crippen LogP contribution in [0.15, 0.2) is 0 Å². The van der Waals surface area contributed by atoms with Gasteiger partial charge >= 0.3 is 0 Å². The van der Waals surface area contributed by atoms with E-state index in [1.807, 2.05) is 0 Å². The van der Waals surface area contributed by atoms with E-state index in [1.165, 1.54) is 0 Å². The van der Waals surface area contributed by atoms with E-state index in [1.54, 1.807) is 0 Å². The lowest BCUT2D eigenvalue weighted by Crippen LogP contribution is -2.58. The number of aliphatic hydroxyl groups is 1. The Bertz CT molecular complexity index is 192. The van der Waals surface area contributed by atoms with Gasteiger partial charge in [-0.1, -0.05) is 13.8 Å². The van der Waals surface area contributed by atoms with Gasteiger partial charge in [-0.15, -0.1) is 0 Å². The number of hydrogen-bond acceptors (Lipinski definition) is 3. The van der Waals surface area contributed by atoms with Crippen molar-refractivity contribution in [2.75, 3.05) is 26.7 Å². The summed E-state index contributed by atoms with van der Waals surface area (Å²) in [5, 5.41) is 10.6. The molecule has 3 heteroatoms. The summed E-state index contributed by atoms with van der Waals surface area (Å²) in [6.45, 7) is 6.63. The molecule has 0 spiro atoms. The van der Waals surface area contributed by atoms with Gasteiger partial charge in [0.2, 0.25) is 0 Å². The zero-order chi connectivity index (χ0) is 10.8. The second kappa shape index (κ2) is 4.17. The van der Waals surface area contributed by atoms with Gasteiger partial charge in [0.15, 0.2) is 0 Å². The van der Waals surface area contributed by atoms with E-state index < -0.39 is 5.60 Å². The minimum atomic E-state index is -0.594. The molecule has 1 fully saturated rings. The molecule has 14 heavy (non-hydrogen) atoms. The first-order valence-corrected chi connectivity index (χ1v) is 5.58. The molecule has 0 aromatic carbocycles. The highest BCUT2D eigenvalue weighted by Gasteiger charge is 2.46. The number of hydrogen-bond donors (Lipinski definition) is 2. The third-order valence-electron chi connectivity index (χ3n) is 4.02. The highest BCUT2D eigenvalue weighted by Crippen LogP contribution is 2.39. The van der Waals surface area contributed by atoms with E-state index in [9.17, 15) is 5.11 Å². The molecular weight excluding hydrogens is 176 g/mol. The van der Waals surface area contributed by atoms with Gasteiger partial charge < -0.3 is 15.7 Å². The maximum Gasteiger partial charge on any atom is 0.0839 e. The van der Waals surface area contributed by atoms with Crippen molar-refractivity contribution in [3.63, 3.8) is 0 Å². The zero-order valence-electron chi connectivity index (χ0n) is 9.71. The summed E-state index contributed by atoms with van der Waals surface area (Å²) in [5.74, 6) is 0. The topological polar surface area (TPSA) is 49.5 Å². The van der Waals surface area contributed by atoms with Crippen molar-refractivity contribution in [3.05, 3.63) is 0 Å². The van der Waals surface area contributed by atoms with Crippen molar-refractivity contribution in [3.8, 4) is 0 Å². The molecule has 1 saturated heterocycles. The molecule has 2 atom stereocenters. The lowest BCUT2D eigenvalue weighted by Gasteiger charge is -2.49. The molecule has 0 saturated carbocycles. The summed E-state index contributed by atoms with van der Waals surface area (Å²) < 4.78 is 0. The molecular formula is C11H24N2O. The van der Waals surface area contributed by atoms with Gasteiger partial charge in [-0.3, -0.25) is 0 Å². The van der Waals surface area contributed by atoms with Crippen LogP contribution in [0.5, 0.6) is 0 Å². The molecule has 3 nitrogen and oxygen atoms in total. The van der Waals surface area contributed by atoms with Crippen molar-refractivity contribution in [2.45, 2.75) is 38.7 Å². The molecule has 0 bridgehead atoms. The SMILES string of the molecule is CCC(C)(CN)C1(O)CCCN(C)C1. The summed E-state index contributed by atoms with van der Waals surface area (Å²) in [6.07, 6.45) is 2.90. The number of piperidine rings is 1. The average Bonchev–Trinajstić information content (AvgIpc) is 2.16. The number of nitrogens with two attached hydrogens (primary N) is 1. The Hall–Kier alpha value is -0.120. The van der Waals surface area contributed by atoms with Gasteiger partial charge in [0, 0.05) is 18.5 Å². The Morgan fingerprint density at radius 2 is 2.21 bits per heavy atom. The van der Waals surface area contributed by atoms with Crippen LogP contribution in [-0.4, -0.2) is 42.3 Å². The molecule has 1 heterocycles. The van der Waals surface area contributed by atoms with Crippen molar-refractivity contribution in [2.24, 2.45) is 11.1 Å². The Balaban J connectivity index is 2.80. The van der Waals surface area contributed by atoms with Crippen molar-refractivity contribution in [1.82, 2.24) is 4.90 Å². The predicted molar refractivity (Wildman–Crippen MR) is 59.1 cm³/mol. The van der Waals surface area contributed by atoms with E-state index in [4.69, 9.17) is 5.73 Å². The fourth-order valence-electron chi connectivity index (χ4n) is 2.40. The lowest BCUT2D eigenvalue weighted by atomic mass is 9.67. The molecule has 0 aromatic rings. The van der Waals surface area contributed by atoms with Crippen LogP contribution in [0.4, 0.5) is 0 Å². The molecule has 0 radical (unpaired) electrons. The summed E-state index contributed by atoms with van der Waals surface area (Å²) >= 11 is 0. The number of nitrogens with zero attached hydrogens (tertiary/aromatic N) is 1. The summed E-state index contributed by atoms with van der Waals surface area (Å²) in [7, 11) is 2.07. The van der Waals surface area contributed by atoms with Gasteiger partial charge in [-0.05, 0) is 32.9 Å². The zero-order valence-corrected chi connectivity index (χ0v) is 9.71. The van der Waals surface area contributed by atoms with Crippen molar-refractivity contribution < 1.29 is 5.11 Å². The van der Waals surface area contributed by atoms with Crippen LogP contribution in [0.2, 0.25) is 0 Å². The van der Waals surface area contributed by atoms with Crippen LogP contribution < -0.4 is 5.73 Å². The maximum absolute atomic E-state index is 10.6. The normalized spacial score (nSPS) is 34.1. The first kappa shape index (κ1) is 12.0. The van der Waals surface area contributed by atoms with Gasteiger partial charge in [0.25, 0.3) is 0 Å². The molecule has 1 aliphatic heterocycles. The van der Waals surface area contributed by atoms with Gasteiger partial charge in [0.05, 0.1) is 5.60 Å². The Morgan fingerprint density at radius 3 is 2.64 bits per heavy atom. The quantitative estimate of drug-likeness (QED) is 0.709. The molecule has 1 rings (SSSR count). The molecule has 0 aromatic heterocycles. The molecule has 1 aliphatic rings. The lowest BCUT2D eigenvalue weighted by molar-refractivity contribution is -0.113. The van der Waals surface area contributed by atoms with E-state index in [2.05, 4.69) is 25.8 Å². The highest BCUT2D eigenvalue weighted by molar-refractivity contribution is 4.99. The van der Waals surface area contributed by atoms with Crippen LogP contribution >= 0.6 is 0 Å². The van der Waals surface area contributed by atoms with E-state index in [0.717, 1.165) is 32.4 Å². The van der Waals surface area contributed by atoms with Gasteiger partial charge in [-0.2, -0.15) is 0 Å². The van der Waals surface area contributed by atoms with E-state index in [0.29, 0.717) is 6.54 Å². The monoisotopic (exact) mass is 200 g/mol. The van der Waals surface area contributed by atoms with Crippen LogP contribution in [0.25, 0.3) is 0 Å². The first-order chi connectivity index (χ1) is 6.47. The number of rotatable bonds is 3. The number of likely N-dealkylation sites (tertiary alicyclic amines) is 1. The largest absolute Gasteiger partial charge is 0.388 e. The third-order valence-corrected chi connectivity index (χ3v) is 4.02. The molecule has 0 aliphatic carbocycles. The van der Waals surface area contributed by atoms with Gasteiger partial charge in [0.1, 0.15) is 0 Å². The minimum absolute atomic E-state index is 0.137. The smallest absolute Gasteiger partial charge is 0.0839 e. The highest BCUT2D eigenvalue weighted by atomic mass is 16.3. The first-order valence-electron chi connectivity index (χ1n) is 5.58. The van der Waals surface area contributed by atoms with Crippen LogP contribution in [0, 0.1) is 5.41 Å². The second-order valence-electron chi connectivity index (χ2n) is 4.99. The predicted octanol–water partition coefficient (Wildman–Crippen LogP) is 0.818. The molecule has 0 amide bonds. The molecule has 84 valence electrons. The van der Waals surface area contributed by atoms with Crippen LogP contribution in [0.3, 0.4) is 0 Å².